The molecule has 1 N–H and O–H groups in total. The maximum absolute atomic E-state index is 9.36. The summed E-state index contributed by atoms with van der Waals surface area (Å²) in [5.74, 6) is 0. The summed E-state index contributed by atoms with van der Waals surface area (Å²) in [4.78, 5) is 6.57. The maximum Gasteiger partial charge on any atom is 0.101 e. The smallest absolute Gasteiger partial charge is 0.101 e. The Bertz CT molecular complexity index is 658. The lowest BCUT2D eigenvalue weighted by atomic mass is 10.1. The Labute approximate surface area is 126 Å². The zero-order chi connectivity index (χ0) is 15.2. The number of anilines is 1. The molecule has 1 aromatic carbocycles. The minimum atomic E-state index is 0.682. The average Bonchev–Trinajstić information content (AvgIpc) is 2.47. The fourth-order valence-electron chi connectivity index (χ4n) is 2.34. The summed E-state index contributed by atoms with van der Waals surface area (Å²) in [7, 11) is 3.88. The van der Waals surface area contributed by atoms with Gasteiger partial charge >= 0.3 is 0 Å². The number of benzene rings is 1. The quantitative estimate of drug-likeness (QED) is 0.914. The third-order valence-corrected chi connectivity index (χ3v) is 3.32. The first-order chi connectivity index (χ1) is 10.1. The molecule has 0 saturated carbocycles. The molecule has 0 aliphatic rings. The van der Waals surface area contributed by atoms with Gasteiger partial charge in [-0.25, -0.2) is 0 Å². The van der Waals surface area contributed by atoms with Crippen LogP contribution in [0.15, 0.2) is 36.4 Å². The molecule has 0 radical (unpaired) electrons. The predicted octanol–water partition coefficient (Wildman–Crippen LogP) is 2.62. The Morgan fingerprint density at radius 1 is 1.29 bits per heavy atom. The van der Waals surface area contributed by atoms with Gasteiger partial charge in [-0.05, 0) is 43.8 Å². The van der Waals surface area contributed by atoms with Crippen molar-refractivity contribution in [3.05, 3.63) is 58.9 Å². The van der Waals surface area contributed by atoms with Crippen LogP contribution in [0.5, 0.6) is 0 Å². The summed E-state index contributed by atoms with van der Waals surface area (Å²) in [5.41, 5.74) is 4.74. The highest BCUT2D eigenvalue weighted by Crippen LogP contribution is 2.22. The van der Waals surface area contributed by atoms with Gasteiger partial charge in [0.15, 0.2) is 0 Å². The van der Waals surface area contributed by atoms with Crippen LogP contribution in [0.25, 0.3) is 0 Å². The Balaban J connectivity index is 2.22. The van der Waals surface area contributed by atoms with Crippen molar-refractivity contribution in [1.82, 2.24) is 10.3 Å². The molecule has 0 bridgehead atoms. The molecular weight excluding hydrogens is 260 g/mol. The monoisotopic (exact) mass is 280 g/mol. The Kier molecular flexibility index (Phi) is 4.91. The van der Waals surface area contributed by atoms with Crippen molar-refractivity contribution in [1.29, 1.82) is 5.26 Å². The van der Waals surface area contributed by atoms with E-state index in [-0.39, 0.29) is 0 Å². The summed E-state index contributed by atoms with van der Waals surface area (Å²) in [6.45, 7) is 3.43. The number of aromatic nitrogens is 1. The summed E-state index contributed by atoms with van der Waals surface area (Å²) in [6, 6.07) is 14.3. The van der Waals surface area contributed by atoms with Gasteiger partial charge in [-0.3, -0.25) is 4.98 Å². The summed E-state index contributed by atoms with van der Waals surface area (Å²) < 4.78 is 0. The van der Waals surface area contributed by atoms with Crippen LogP contribution in [-0.2, 0) is 13.1 Å². The van der Waals surface area contributed by atoms with E-state index in [9.17, 15) is 5.26 Å². The van der Waals surface area contributed by atoms with E-state index in [0.29, 0.717) is 12.1 Å². The molecule has 4 nitrogen and oxygen atoms in total. The van der Waals surface area contributed by atoms with E-state index in [1.807, 2.05) is 57.4 Å². The molecule has 1 heterocycles. The second-order valence-corrected chi connectivity index (χ2v) is 5.12. The molecule has 21 heavy (non-hydrogen) atoms. The van der Waals surface area contributed by atoms with Gasteiger partial charge in [-0.1, -0.05) is 12.1 Å². The van der Waals surface area contributed by atoms with Gasteiger partial charge in [0.25, 0.3) is 0 Å². The van der Waals surface area contributed by atoms with E-state index in [0.717, 1.165) is 29.2 Å². The molecule has 0 aliphatic carbocycles. The number of aryl methyl sites for hydroxylation is 1. The van der Waals surface area contributed by atoms with E-state index in [1.165, 1.54) is 0 Å². The van der Waals surface area contributed by atoms with Gasteiger partial charge in [0.2, 0.25) is 0 Å². The molecule has 1 aromatic heterocycles. The van der Waals surface area contributed by atoms with Crippen LogP contribution in [0.4, 0.5) is 5.69 Å². The van der Waals surface area contributed by atoms with Crippen LogP contribution in [0.1, 0.15) is 22.5 Å². The van der Waals surface area contributed by atoms with Gasteiger partial charge in [0.05, 0.1) is 23.5 Å². The van der Waals surface area contributed by atoms with Crippen molar-refractivity contribution in [3.63, 3.8) is 0 Å². The van der Waals surface area contributed by atoms with Crippen molar-refractivity contribution in [3.8, 4) is 6.07 Å². The molecule has 2 aromatic rings. The number of pyridine rings is 1. The lowest BCUT2D eigenvalue weighted by molar-refractivity contribution is 0.816. The van der Waals surface area contributed by atoms with Crippen molar-refractivity contribution >= 4 is 5.69 Å². The van der Waals surface area contributed by atoms with Crippen molar-refractivity contribution in [2.45, 2.75) is 20.0 Å². The molecule has 0 saturated heterocycles. The fraction of sp³-hybridized carbons (Fsp3) is 0.294. The minimum absolute atomic E-state index is 0.682. The largest absolute Gasteiger partial charge is 0.368 e. The number of nitriles is 1. The maximum atomic E-state index is 9.36. The lowest BCUT2D eigenvalue weighted by Crippen LogP contribution is -2.19. The summed E-state index contributed by atoms with van der Waals surface area (Å²) in [5, 5.41) is 12.5. The molecule has 0 fully saturated rings. The SMILES string of the molecule is CNCc1ccc(N(C)Cc2cccc(C)n2)c(C#N)c1. The number of rotatable bonds is 5. The minimum Gasteiger partial charge on any atom is -0.368 e. The molecular formula is C17H20N4. The molecule has 0 aliphatic heterocycles. The zero-order valence-electron chi connectivity index (χ0n) is 12.7. The lowest BCUT2D eigenvalue weighted by Gasteiger charge is -2.21. The second kappa shape index (κ2) is 6.87. The molecule has 4 heteroatoms. The molecule has 2 rings (SSSR count). The van der Waals surface area contributed by atoms with Crippen LogP contribution >= 0.6 is 0 Å². The third kappa shape index (κ3) is 3.80. The molecule has 108 valence electrons. The van der Waals surface area contributed by atoms with Crippen LogP contribution in [0, 0.1) is 18.3 Å². The van der Waals surface area contributed by atoms with Gasteiger partial charge in [0, 0.05) is 19.3 Å². The van der Waals surface area contributed by atoms with Crippen LogP contribution in [0.2, 0.25) is 0 Å². The number of hydrogen-bond acceptors (Lipinski definition) is 4. The summed E-state index contributed by atoms with van der Waals surface area (Å²) >= 11 is 0. The topological polar surface area (TPSA) is 52.0 Å². The van der Waals surface area contributed by atoms with Crippen LogP contribution in [-0.4, -0.2) is 19.1 Å². The zero-order valence-corrected chi connectivity index (χ0v) is 12.7. The van der Waals surface area contributed by atoms with Crippen molar-refractivity contribution < 1.29 is 0 Å². The van der Waals surface area contributed by atoms with Crippen molar-refractivity contribution in [2.24, 2.45) is 0 Å². The Morgan fingerprint density at radius 3 is 2.76 bits per heavy atom. The van der Waals surface area contributed by atoms with Gasteiger partial charge < -0.3 is 10.2 Å². The number of nitrogens with one attached hydrogen (secondary N) is 1. The number of hydrogen-bond donors (Lipinski definition) is 1. The van der Waals surface area contributed by atoms with Crippen LogP contribution < -0.4 is 10.2 Å². The number of nitrogens with zero attached hydrogens (tertiary/aromatic N) is 3. The highest BCUT2D eigenvalue weighted by molar-refractivity contribution is 5.60. The first-order valence-electron chi connectivity index (χ1n) is 6.95. The fourth-order valence-corrected chi connectivity index (χ4v) is 2.34. The Hall–Kier alpha value is -2.38. The average molecular weight is 280 g/mol. The van der Waals surface area contributed by atoms with Gasteiger partial charge in [-0.15, -0.1) is 0 Å². The van der Waals surface area contributed by atoms with E-state index < -0.39 is 0 Å². The highest BCUT2D eigenvalue weighted by Gasteiger charge is 2.09. The van der Waals surface area contributed by atoms with E-state index in [2.05, 4.69) is 21.3 Å². The third-order valence-electron chi connectivity index (χ3n) is 3.32. The molecule has 0 spiro atoms. The normalized spacial score (nSPS) is 10.2. The summed E-state index contributed by atoms with van der Waals surface area (Å²) in [6.07, 6.45) is 0. The first kappa shape index (κ1) is 15.0. The van der Waals surface area contributed by atoms with Gasteiger partial charge in [0.1, 0.15) is 6.07 Å². The molecule has 0 atom stereocenters. The second-order valence-electron chi connectivity index (χ2n) is 5.12. The standard InChI is InChI=1S/C17H20N4/c1-13-5-4-6-16(20-13)12-21(3)17-8-7-14(11-19-2)9-15(17)10-18/h4-9,19H,11-12H2,1-3H3. The van der Waals surface area contributed by atoms with E-state index >= 15 is 0 Å². The van der Waals surface area contributed by atoms with E-state index in [4.69, 9.17) is 0 Å². The van der Waals surface area contributed by atoms with E-state index in [1.54, 1.807) is 0 Å². The predicted molar refractivity (Wildman–Crippen MR) is 85.0 cm³/mol. The molecule has 0 amide bonds. The van der Waals surface area contributed by atoms with Crippen molar-refractivity contribution in [2.75, 3.05) is 19.0 Å². The first-order valence-corrected chi connectivity index (χ1v) is 6.95. The highest BCUT2D eigenvalue weighted by atomic mass is 15.1. The molecule has 0 unspecified atom stereocenters. The van der Waals surface area contributed by atoms with Gasteiger partial charge in [-0.2, -0.15) is 5.26 Å². The Morgan fingerprint density at radius 2 is 2.10 bits per heavy atom. The van der Waals surface area contributed by atoms with Crippen LogP contribution in [0.3, 0.4) is 0 Å².